The molecule has 0 spiro atoms. The molecule has 0 aromatic heterocycles. The summed E-state index contributed by atoms with van der Waals surface area (Å²) < 4.78 is 0. The van der Waals surface area contributed by atoms with Crippen molar-refractivity contribution in [2.75, 3.05) is 17.2 Å². The minimum absolute atomic E-state index is 0.0194. The van der Waals surface area contributed by atoms with Gasteiger partial charge in [0.05, 0.1) is 0 Å². The molecule has 2 N–H and O–H groups in total. The Labute approximate surface area is 122 Å². The van der Waals surface area contributed by atoms with Gasteiger partial charge in [-0.2, -0.15) is 0 Å². The van der Waals surface area contributed by atoms with Crippen LogP contribution >= 0.6 is 0 Å². The molecular formula is C17H26N2O. The van der Waals surface area contributed by atoms with Gasteiger partial charge in [-0.1, -0.05) is 31.7 Å². The molecule has 0 radical (unpaired) electrons. The maximum atomic E-state index is 11.2. The van der Waals surface area contributed by atoms with Crippen molar-refractivity contribution in [3.8, 4) is 0 Å². The van der Waals surface area contributed by atoms with Crippen LogP contribution in [0.2, 0.25) is 0 Å². The standard InChI is InChI=1S/C17H26N2O/c1-13-9-10-16(11-17(13)19-14(2)20)18-12-15-7-5-3-4-6-8-15/h9-11,15,18H,3-8,12H2,1-2H3,(H,19,20). The Kier molecular flexibility index (Phi) is 5.45. The van der Waals surface area contributed by atoms with Crippen molar-refractivity contribution in [3.05, 3.63) is 23.8 Å². The van der Waals surface area contributed by atoms with Gasteiger partial charge >= 0.3 is 0 Å². The number of amides is 1. The molecule has 0 bridgehead atoms. The number of hydrogen-bond donors (Lipinski definition) is 2. The largest absolute Gasteiger partial charge is 0.385 e. The van der Waals surface area contributed by atoms with E-state index in [0.717, 1.165) is 29.4 Å². The number of carbonyl (C=O) groups excluding carboxylic acids is 1. The Hall–Kier alpha value is -1.51. The first-order valence-electron chi connectivity index (χ1n) is 7.77. The van der Waals surface area contributed by atoms with Crippen LogP contribution in [0, 0.1) is 12.8 Å². The van der Waals surface area contributed by atoms with Crippen LogP contribution in [0.4, 0.5) is 11.4 Å². The van der Waals surface area contributed by atoms with Crippen LogP contribution in [-0.4, -0.2) is 12.5 Å². The minimum atomic E-state index is -0.0194. The third kappa shape index (κ3) is 4.55. The number of carbonyl (C=O) groups is 1. The van der Waals surface area contributed by atoms with Gasteiger partial charge in [0.25, 0.3) is 0 Å². The van der Waals surface area contributed by atoms with Crippen LogP contribution < -0.4 is 10.6 Å². The monoisotopic (exact) mass is 274 g/mol. The zero-order chi connectivity index (χ0) is 14.4. The van der Waals surface area contributed by atoms with Crippen molar-refractivity contribution in [2.24, 2.45) is 5.92 Å². The van der Waals surface area contributed by atoms with E-state index < -0.39 is 0 Å². The Balaban J connectivity index is 1.93. The van der Waals surface area contributed by atoms with E-state index in [0.29, 0.717) is 0 Å². The maximum absolute atomic E-state index is 11.2. The number of benzene rings is 1. The Morgan fingerprint density at radius 3 is 2.55 bits per heavy atom. The lowest BCUT2D eigenvalue weighted by Crippen LogP contribution is -2.14. The Morgan fingerprint density at radius 1 is 1.20 bits per heavy atom. The van der Waals surface area contributed by atoms with Gasteiger partial charge < -0.3 is 10.6 Å². The van der Waals surface area contributed by atoms with Crippen LogP contribution in [0.15, 0.2) is 18.2 Å². The Morgan fingerprint density at radius 2 is 1.90 bits per heavy atom. The Bertz CT molecular complexity index is 448. The molecule has 3 nitrogen and oxygen atoms in total. The summed E-state index contributed by atoms with van der Waals surface area (Å²) in [6.07, 6.45) is 8.23. The fraction of sp³-hybridized carbons (Fsp3) is 0.588. The van der Waals surface area contributed by atoms with E-state index in [9.17, 15) is 4.79 Å². The predicted molar refractivity (Wildman–Crippen MR) is 85.2 cm³/mol. The first-order chi connectivity index (χ1) is 9.65. The quantitative estimate of drug-likeness (QED) is 0.802. The van der Waals surface area contributed by atoms with Gasteiger partial charge in [-0.05, 0) is 43.4 Å². The lowest BCUT2D eigenvalue weighted by molar-refractivity contribution is -0.114. The number of rotatable bonds is 4. The molecule has 1 fully saturated rings. The van der Waals surface area contributed by atoms with E-state index in [-0.39, 0.29) is 5.91 Å². The maximum Gasteiger partial charge on any atom is 0.221 e. The second kappa shape index (κ2) is 7.32. The average molecular weight is 274 g/mol. The van der Waals surface area contributed by atoms with E-state index in [1.54, 1.807) is 6.92 Å². The van der Waals surface area contributed by atoms with E-state index in [1.807, 2.05) is 13.0 Å². The highest BCUT2D eigenvalue weighted by Gasteiger charge is 2.12. The lowest BCUT2D eigenvalue weighted by atomic mass is 10.0. The highest BCUT2D eigenvalue weighted by atomic mass is 16.1. The van der Waals surface area contributed by atoms with Gasteiger partial charge in [0.2, 0.25) is 5.91 Å². The van der Waals surface area contributed by atoms with E-state index in [2.05, 4.69) is 22.8 Å². The van der Waals surface area contributed by atoms with Crippen molar-refractivity contribution < 1.29 is 4.79 Å². The summed E-state index contributed by atoms with van der Waals surface area (Å²) >= 11 is 0. The van der Waals surface area contributed by atoms with Crippen LogP contribution in [0.1, 0.15) is 51.0 Å². The molecule has 1 aliphatic rings. The summed E-state index contributed by atoms with van der Waals surface area (Å²) in [7, 11) is 0. The molecule has 3 heteroatoms. The molecule has 0 unspecified atom stereocenters. The van der Waals surface area contributed by atoms with Crippen LogP contribution in [0.5, 0.6) is 0 Å². The van der Waals surface area contributed by atoms with Crippen molar-refractivity contribution in [1.82, 2.24) is 0 Å². The zero-order valence-electron chi connectivity index (χ0n) is 12.7. The summed E-state index contributed by atoms with van der Waals surface area (Å²) in [4.78, 5) is 11.2. The fourth-order valence-corrected chi connectivity index (χ4v) is 2.89. The lowest BCUT2D eigenvalue weighted by Gasteiger charge is -2.17. The molecule has 0 atom stereocenters. The summed E-state index contributed by atoms with van der Waals surface area (Å²) in [6.45, 7) is 4.61. The normalized spacial score (nSPS) is 16.5. The van der Waals surface area contributed by atoms with E-state index in [1.165, 1.54) is 38.5 Å². The van der Waals surface area contributed by atoms with Gasteiger partial charge in [-0.15, -0.1) is 0 Å². The predicted octanol–water partition coefficient (Wildman–Crippen LogP) is 4.34. The molecule has 0 heterocycles. The molecular weight excluding hydrogens is 248 g/mol. The van der Waals surface area contributed by atoms with Crippen molar-refractivity contribution in [1.29, 1.82) is 0 Å². The second-order valence-corrected chi connectivity index (χ2v) is 5.95. The smallest absolute Gasteiger partial charge is 0.221 e. The van der Waals surface area contributed by atoms with Crippen LogP contribution in [-0.2, 0) is 4.79 Å². The molecule has 0 aliphatic heterocycles. The summed E-state index contributed by atoms with van der Waals surface area (Å²) in [6, 6.07) is 6.19. The third-order valence-corrected chi connectivity index (χ3v) is 4.12. The fourth-order valence-electron chi connectivity index (χ4n) is 2.89. The first-order valence-corrected chi connectivity index (χ1v) is 7.77. The molecule has 20 heavy (non-hydrogen) atoms. The van der Waals surface area contributed by atoms with E-state index >= 15 is 0 Å². The van der Waals surface area contributed by atoms with Crippen molar-refractivity contribution in [2.45, 2.75) is 52.4 Å². The molecule has 1 aromatic rings. The van der Waals surface area contributed by atoms with Gasteiger partial charge in [0.1, 0.15) is 0 Å². The van der Waals surface area contributed by atoms with Gasteiger partial charge in [0, 0.05) is 24.8 Å². The van der Waals surface area contributed by atoms with E-state index in [4.69, 9.17) is 0 Å². The summed E-state index contributed by atoms with van der Waals surface area (Å²) in [5.41, 5.74) is 3.10. The molecule has 110 valence electrons. The topological polar surface area (TPSA) is 41.1 Å². The SMILES string of the molecule is CC(=O)Nc1cc(NCC2CCCCCC2)ccc1C. The van der Waals surface area contributed by atoms with Gasteiger partial charge in [0.15, 0.2) is 0 Å². The van der Waals surface area contributed by atoms with Crippen LogP contribution in [0.25, 0.3) is 0 Å². The number of nitrogens with one attached hydrogen (secondary N) is 2. The minimum Gasteiger partial charge on any atom is -0.385 e. The number of aryl methyl sites for hydroxylation is 1. The highest BCUT2D eigenvalue weighted by molar-refractivity contribution is 5.90. The summed E-state index contributed by atoms with van der Waals surface area (Å²) in [5, 5.41) is 6.41. The third-order valence-electron chi connectivity index (χ3n) is 4.12. The number of anilines is 2. The molecule has 2 rings (SSSR count). The van der Waals surface area contributed by atoms with Crippen molar-refractivity contribution in [3.63, 3.8) is 0 Å². The first kappa shape index (κ1) is 14.9. The average Bonchev–Trinajstić information content (AvgIpc) is 2.68. The van der Waals surface area contributed by atoms with Gasteiger partial charge in [-0.25, -0.2) is 0 Å². The second-order valence-electron chi connectivity index (χ2n) is 5.95. The molecule has 0 saturated heterocycles. The highest BCUT2D eigenvalue weighted by Crippen LogP contribution is 2.25. The molecule has 1 aromatic carbocycles. The zero-order valence-corrected chi connectivity index (χ0v) is 12.7. The molecule has 1 aliphatic carbocycles. The molecule has 1 amide bonds. The van der Waals surface area contributed by atoms with Crippen LogP contribution in [0.3, 0.4) is 0 Å². The summed E-state index contributed by atoms with van der Waals surface area (Å²) in [5.74, 6) is 0.775. The molecule has 1 saturated carbocycles. The number of hydrogen-bond acceptors (Lipinski definition) is 2. The van der Waals surface area contributed by atoms with Crippen molar-refractivity contribution >= 4 is 17.3 Å². The van der Waals surface area contributed by atoms with Gasteiger partial charge in [-0.3, -0.25) is 4.79 Å².